The van der Waals surface area contributed by atoms with E-state index >= 15 is 0 Å². The topological polar surface area (TPSA) is 12.0 Å². The molecule has 0 radical (unpaired) electrons. The average molecular weight is 316 g/mol. The second kappa shape index (κ2) is 6.35. The van der Waals surface area contributed by atoms with Crippen molar-refractivity contribution >= 4 is 27.3 Å². The smallest absolute Gasteiger partial charge is 0.0285 e. The molecule has 2 atom stereocenters. The van der Waals surface area contributed by atoms with Crippen LogP contribution in [-0.2, 0) is 6.42 Å². The van der Waals surface area contributed by atoms with Crippen LogP contribution in [0.4, 0.5) is 0 Å². The Balaban J connectivity index is 1.86. The minimum atomic E-state index is 0.618. The Kier molecular flexibility index (Phi) is 5.07. The lowest BCUT2D eigenvalue weighted by molar-refractivity contribution is 0.355. The van der Waals surface area contributed by atoms with Crippen molar-refractivity contribution < 1.29 is 0 Å². The second-order valence-electron chi connectivity index (χ2n) is 5.45. The molecule has 0 bridgehead atoms. The normalized spacial score (nSPS) is 24.7. The van der Waals surface area contributed by atoms with Crippen LogP contribution in [0.15, 0.2) is 15.9 Å². The van der Waals surface area contributed by atoms with Crippen LogP contribution in [-0.4, -0.2) is 12.6 Å². The Labute approximate surface area is 117 Å². The third kappa shape index (κ3) is 4.08. The van der Waals surface area contributed by atoms with Gasteiger partial charge in [-0.05, 0) is 59.6 Å². The Morgan fingerprint density at radius 1 is 1.41 bits per heavy atom. The van der Waals surface area contributed by atoms with Gasteiger partial charge in [0.25, 0.3) is 0 Å². The van der Waals surface area contributed by atoms with Crippen LogP contribution in [0.5, 0.6) is 0 Å². The number of nitrogens with one attached hydrogen (secondary N) is 1. The highest BCUT2D eigenvalue weighted by Gasteiger charge is 2.27. The molecule has 1 fully saturated rings. The monoisotopic (exact) mass is 315 g/mol. The van der Waals surface area contributed by atoms with E-state index in [-0.39, 0.29) is 0 Å². The van der Waals surface area contributed by atoms with Crippen molar-refractivity contribution in [3.63, 3.8) is 0 Å². The van der Waals surface area contributed by atoms with Gasteiger partial charge in [0, 0.05) is 20.8 Å². The third-order valence-corrected chi connectivity index (χ3v) is 5.41. The number of halogens is 1. The summed E-state index contributed by atoms with van der Waals surface area (Å²) in [5, 5.41) is 5.80. The minimum Gasteiger partial charge on any atom is -0.314 e. The van der Waals surface area contributed by atoms with Crippen LogP contribution in [0, 0.1) is 11.8 Å². The lowest BCUT2D eigenvalue weighted by atomic mass is 9.92. The summed E-state index contributed by atoms with van der Waals surface area (Å²) in [7, 11) is 0. The van der Waals surface area contributed by atoms with Crippen LogP contribution < -0.4 is 5.32 Å². The van der Waals surface area contributed by atoms with Crippen LogP contribution in [0.2, 0.25) is 0 Å². The van der Waals surface area contributed by atoms with Crippen molar-refractivity contribution in [2.24, 2.45) is 11.8 Å². The first-order valence-electron chi connectivity index (χ1n) is 6.61. The Hall–Kier alpha value is 0.140. The first kappa shape index (κ1) is 13.6. The predicted octanol–water partition coefficient (Wildman–Crippen LogP) is 4.47. The van der Waals surface area contributed by atoms with Crippen molar-refractivity contribution in [1.29, 1.82) is 0 Å². The van der Waals surface area contributed by atoms with E-state index in [1.165, 1.54) is 36.7 Å². The molecule has 0 aromatic carbocycles. The van der Waals surface area contributed by atoms with E-state index in [1.54, 1.807) is 4.88 Å². The first-order chi connectivity index (χ1) is 8.15. The summed E-state index contributed by atoms with van der Waals surface area (Å²) < 4.78 is 1.24. The van der Waals surface area contributed by atoms with Gasteiger partial charge in [-0.25, -0.2) is 0 Å². The third-order valence-electron chi connectivity index (χ3n) is 3.69. The van der Waals surface area contributed by atoms with Gasteiger partial charge in [-0.15, -0.1) is 11.3 Å². The summed E-state index contributed by atoms with van der Waals surface area (Å²) in [5.74, 6) is 1.78. The van der Waals surface area contributed by atoms with Crippen molar-refractivity contribution in [2.45, 2.75) is 45.6 Å². The maximum absolute atomic E-state index is 3.60. The van der Waals surface area contributed by atoms with E-state index in [4.69, 9.17) is 0 Å². The molecule has 0 spiro atoms. The predicted molar refractivity (Wildman–Crippen MR) is 79.7 cm³/mol. The molecule has 0 saturated heterocycles. The summed E-state index contributed by atoms with van der Waals surface area (Å²) in [6, 6.07) is 2.91. The molecule has 17 heavy (non-hydrogen) atoms. The van der Waals surface area contributed by atoms with Crippen LogP contribution in [0.3, 0.4) is 0 Å². The SMILES string of the molecule is CC(C)NCC1CCCC1Cc1cc(Br)cs1. The maximum atomic E-state index is 3.60. The van der Waals surface area contributed by atoms with E-state index in [1.807, 2.05) is 11.3 Å². The van der Waals surface area contributed by atoms with Crippen molar-refractivity contribution in [3.8, 4) is 0 Å². The molecule has 3 heteroatoms. The fourth-order valence-corrected chi connectivity index (χ4v) is 4.30. The Bertz CT molecular complexity index is 348. The molecule has 0 aliphatic heterocycles. The fourth-order valence-electron chi connectivity index (χ4n) is 2.76. The van der Waals surface area contributed by atoms with Crippen molar-refractivity contribution in [3.05, 3.63) is 20.8 Å². The zero-order valence-electron chi connectivity index (χ0n) is 10.7. The summed E-state index contributed by atoms with van der Waals surface area (Å²) >= 11 is 5.44. The van der Waals surface area contributed by atoms with Gasteiger partial charge in [0.05, 0.1) is 0 Å². The van der Waals surface area contributed by atoms with Gasteiger partial charge in [-0.1, -0.05) is 20.3 Å². The van der Waals surface area contributed by atoms with E-state index in [0.29, 0.717) is 6.04 Å². The van der Waals surface area contributed by atoms with Gasteiger partial charge in [-0.2, -0.15) is 0 Å². The van der Waals surface area contributed by atoms with Gasteiger partial charge < -0.3 is 5.32 Å². The highest BCUT2D eigenvalue weighted by Crippen LogP contribution is 2.35. The van der Waals surface area contributed by atoms with E-state index in [2.05, 4.69) is 46.5 Å². The summed E-state index contributed by atoms with van der Waals surface area (Å²) in [5.41, 5.74) is 0. The quantitative estimate of drug-likeness (QED) is 0.845. The van der Waals surface area contributed by atoms with Gasteiger partial charge in [0.1, 0.15) is 0 Å². The molecule has 1 aromatic rings. The summed E-state index contributed by atoms with van der Waals surface area (Å²) in [6.45, 7) is 5.68. The van der Waals surface area contributed by atoms with Gasteiger partial charge in [0.2, 0.25) is 0 Å². The standard InChI is InChI=1S/C14H22BrNS/c1-10(2)16-8-12-5-3-4-11(12)6-14-7-13(15)9-17-14/h7,9-12,16H,3-6,8H2,1-2H3. The molecule has 1 heterocycles. The Morgan fingerprint density at radius 3 is 2.82 bits per heavy atom. The van der Waals surface area contributed by atoms with Gasteiger partial charge in [0.15, 0.2) is 0 Å². The molecule has 0 amide bonds. The highest BCUT2D eigenvalue weighted by atomic mass is 79.9. The van der Waals surface area contributed by atoms with Crippen LogP contribution in [0.1, 0.15) is 38.0 Å². The molecule has 1 aliphatic carbocycles. The minimum absolute atomic E-state index is 0.618. The maximum Gasteiger partial charge on any atom is 0.0285 e. The molecule has 1 nitrogen and oxygen atoms in total. The number of rotatable bonds is 5. The molecule has 1 aliphatic rings. The summed E-state index contributed by atoms with van der Waals surface area (Å²) in [6.07, 6.45) is 5.53. The van der Waals surface area contributed by atoms with Crippen molar-refractivity contribution in [1.82, 2.24) is 5.32 Å². The molecule has 96 valence electrons. The molecule has 1 saturated carbocycles. The first-order valence-corrected chi connectivity index (χ1v) is 8.28. The number of thiophene rings is 1. The molecular weight excluding hydrogens is 294 g/mol. The van der Waals surface area contributed by atoms with Crippen molar-refractivity contribution in [2.75, 3.05) is 6.54 Å². The van der Waals surface area contributed by atoms with E-state index in [0.717, 1.165) is 11.8 Å². The van der Waals surface area contributed by atoms with Crippen LogP contribution >= 0.6 is 27.3 Å². The van der Waals surface area contributed by atoms with Gasteiger partial charge in [-0.3, -0.25) is 0 Å². The zero-order valence-corrected chi connectivity index (χ0v) is 13.1. The van der Waals surface area contributed by atoms with E-state index < -0.39 is 0 Å². The number of hydrogen-bond donors (Lipinski definition) is 1. The Morgan fingerprint density at radius 2 is 2.18 bits per heavy atom. The molecule has 1 N–H and O–H groups in total. The van der Waals surface area contributed by atoms with Crippen LogP contribution in [0.25, 0.3) is 0 Å². The molecule has 2 unspecified atom stereocenters. The highest BCUT2D eigenvalue weighted by molar-refractivity contribution is 9.10. The largest absolute Gasteiger partial charge is 0.314 e. The lowest BCUT2D eigenvalue weighted by Gasteiger charge is -2.20. The van der Waals surface area contributed by atoms with Gasteiger partial charge >= 0.3 is 0 Å². The summed E-state index contributed by atoms with van der Waals surface area (Å²) in [4.78, 5) is 1.54. The molecular formula is C14H22BrNS. The molecule has 2 rings (SSSR count). The lowest BCUT2D eigenvalue weighted by Crippen LogP contribution is -2.31. The molecule has 1 aromatic heterocycles. The zero-order chi connectivity index (χ0) is 12.3. The average Bonchev–Trinajstić information content (AvgIpc) is 2.86. The van der Waals surface area contributed by atoms with E-state index in [9.17, 15) is 0 Å². The fraction of sp³-hybridized carbons (Fsp3) is 0.714. The second-order valence-corrected chi connectivity index (χ2v) is 7.36. The number of hydrogen-bond acceptors (Lipinski definition) is 2.